The minimum Gasteiger partial charge on any atom is -0.506 e. The zero-order chi connectivity index (χ0) is 24.2. The number of anilines is 1. The molecule has 4 aromatic rings. The summed E-state index contributed by atoms with van der Waals surface area (Å²) in [5.41, 5.74) is 2.85. The number of phenols is 1. The number of benzene rings is 3. The van der Waals surface area contributed by atoms with E-state index in [1.807, 2.05) is 18.2 Å². The number of aliphatic imine (C=N–C) groups is 1. The number of non-ortho nitro benzene ring substituents is 1. The number of aromatic hydroxyl groups is 1. The van der Waals surface area contributed by atoms with Crippen molar-refractivity contribution >= 4 is 94.4 Å². The van der Waals surface area contributed by atoms with Gasteiger partial charge < -0.3 is 10.4 Å². The van der Waals surface area contributed by atoms with Crippen molar-refractivity contribution in [2.75, 3.05) is 11.1 Å². The van der Waals surface area contributed by atoms with Crippen LogP contribution in [0.2, 0.25) is 0 Å². The second kappa shape index (κ2) is 10.6. The lowest BCUT2D eigenvalue weighted by Gasteiger charge is -2.03. The van der Waals surface area contributed by atoms with Crippen LogP contribution in [0.25, 0.3) is 10.2 Å². The predicted octanol–water partition coefficient (Wildman–Crippen LogP) is 6.92. The number of thiazole rings is 1. The lowest BCUT2D eigenvalue weighted by atomic mass is 10.2. The van der Waals surface area contributed by atoms with Crippen LogP contribution in [0, 0.1) is 10.1 Å². The Balaban J connectivity index is 1.39. The summed E-state index contributed by atoms with van der Waals surface area (Å²) in [6.07, 6.45) is 1.70. The van der Waals surface area contributed by atoms with E-state index in [0.29, 0.717) is 14.6 Å². The van der Waals surface area contributed by atoms with Crippen LogP contribution >= 0.6 is 55.0 Å². The number of carbonyl (C=O) groups excluding carboxylic acids is 1. The molecular formula is C22H14Br2N4O4S2. The average Bonchev–Trinajstić information content (AvgIpc) is 3.22. The molecule has 0 bridgehead atoms. The highest BCUT2D eigenvalue weighted by molar-refractivity contribution is 9.11. The van der Waals surface area contributed by atoms with Gasteiger partial charge in [0.2, 0.25) is 5.91 Å². The van der Waals surface area contributed by atoms with E-state index in [1.54, 1.807) is 18.3 Å². The van der Waals surface area contributed by atoms with E-state index in [2.05, 4.69) is 47.2 Å². The quantitative estimate of drug-likeness (QED) is 0.100. The molecule has 0 radical (unpaired) electrons. The van der Waals surface area contributed by atoms with Gasteiger partial charge in [0.05, 0.1) is 35.5 Å². The summed E-state index contributed by atoms with van der Waals surface area (Å²) in [6.45, 7) is 0. The van der Waals surface area contributed by atoms with Gasteiger partial charge in [0.25, 0.3) is 5.69 Å². The second-order valence-electron chi connectivity index (χ2n) is 6.86. The van der Waals surface area contributed by atoms with E-state index in [0.717, 1.165) is 25.8 Å². The SMILES string of the molecule is O=C(CSc1nc2ccc(N=Cc3cc(Br)c(O)c(Br)c3)cc2s1)Nc1ccc([N+](=O)[O-])cc1. The molecule has 34 heavy (non-hydrogen) atoms. The van der Waals surface area contributed by atoms with Crippen molar-refractivity contribution in [1.82, 2.24) is 4.98 Å². The first kappa shape index (κ1) is 24.3. The van der Waals surface area contributed by atoms with E-state index in [-0.39, 0.29) is 23.1 Å². The van der Waals surface area contributed by atoms with Gasteiger partial charge in [-0.2, -0.15) is 0 Å². The molecule has 0 atom stereocenters. The minimum atomic E-state index is -0.489. The topological polar surface area (TPSA) is 118 Å². The molecule has 0 aliphatic rings. The Labute approximate surface area is 218 Å². The normalized spacial score (nSPS) is 11.2. The van der Waals surface area contributed by atoms with E-state index in [4.69, 9.17) is 0 Å². The van der Waals surface area contributed by atoms with E-state index < -0.39 is 4.92 Å². The lowest BCUT2D eigenvalue weighted by molar-refractivity contribution is -0.384. The number of aromatic nitrogens is 1. The monoisotopic (exact) mass is 620 g/mol. The van der Waals surface area contributed by atoms with Crippen LogP contribution < -0.4 is 5.32 Å². The van der Waals surface area contributed by atoms with Crippen LogP contribution in [-0.2, 0) is 4.79 Å². The van der Waals surface area contributed by atoms with Crippen LogP contribution in [0.15, 0.2) is 72.9 Å². The number of carbonyl (C=O) groups is 1. The molecule has 4 rings (SSSR count). The van der Waals surface area contributed by atoms with Crippen molar-refractivity contribution in [3.05, 3.63) is 79.2 Å². The number of nitro benzene ring substituents is 1. The second-order valence-corrected chi connectivity index (χ2v) is 10.8. The third-order valence-corrected chi connectivity index (χ3v) is 7.81. The molecule has 0 saturated heterocycles. The minimum absolute atomic E-state index is 0.0330. The first-order chi connectivity index (χ1) is 16.3. The van der Waals surface area contributed by atoms with Gasteiger partial charge in [0.1, 0.15) is 5.75 Å². The maximum Gasteiger partial charge on any atom is 0.269 e. The molecule has 3 aromatic carbocycles. The maximum absolute atomic E-state index is 12.2. The third kappa shape index (κ3) is 6.00. The number of halogens is 2. The van der Waals surface area contributed by atoms with Crippen LogP contribution in [-0.4, -0.2) is 32.9 Å². The van der Waals surface area contributed by atoms with Crippen LogP contribution in [0.5, 0.6) is 5.75 Å². The van der Waals surface area contributed by atoms with Crippen molar-refractivity contribution in [3.63, 3.8) is 0 Å². The molecule has 8 nitrogen and oxygen atoms in total. The van der Waals surface area contributed by atoms with Gasteiger partial charge in [-0.3, -0.25) is 19.9 Å². The Kier molecular flexibility index (Phi) is 7.61. The van der Waals surface area contributed by atoms with Crippen LogP contribution in [0.4, 0.5) is 17.1 Å². The lowest BCUT2D eigenvalue weighted by Crippen LogP contribution is -2.13. The molecule has 2 N–H and O–H groups in total. The summed E-state index contributed by atoms with van der Waals surface area (Å²) in [7, 11) is 0. The van der Waals surface area contributed by atoms with Crippen molar-refractivity contribution in [3.8, 4) is 5.75 Å². The van der Waals surface area contributed by atoms with Crippen LogP contribution in [0.1, 0.15) is 5.56 Å². The highest BCUT2D eigenvalue weighted by Crippen LogP contribution is 2.34. The Morgan fingerprint density at radius 2 is 1.88 bits per heavy atom. The molecule has 12 heteroatoms. The smallest absolute Gasteiger partial charge is 0.269 e. The number of rotatable bonds is 7. The molecule has 1 amide bonds. The average molecular weight is 622 g/mol. The number of thioether (sulfide) groups is 1. The predicted molar refractivity (Wildman–Crippen MR) is 143 cm³/mol. The summed E-state index contributed by atoms with van der Waals surface area (Å²) < 4.78 is 2.84. The number of hydrogen-bond donors (Lipinski definition) is 2. The fraction of sp³-hybridized carbons (Fsp3) is 0.0455. The fourth-order valence-electron chi connectivity index (χ4n) is 2.83. The summed E-state index contributed by atoms with van der Waals surface area (Å²) >= 11 is 9.40. The highest BCUT2D eigenvalue weighted by atomic mass is 79.9. The van der Waals surface area contributed by atoms with Gasteiger partial charge in [-0.1, -0.05) is 11.8 Å². The van der Waals surface area contributed by atoms with Crippen molar-refractivity contribution < 1.29 is 14.8 Å². The summed E-state index contributed by atoms with van der Waals surface area (Å²) in [5.74, 6) is 0.0659. The van der Waals surface area contributed by atoms with Gasteiger partial charge in [-0.15, -0.1) is 11.3 Å². The third-order valence-electron chi connectivity index (χ3n) is 4.44. The van der Waals surface area contributed by atoms with Crippen molar-refractivity contribution in [2.24, 2.45) is 4.99 Å². The van der Waals surface area contributed by atoms with Crippen LogP contribution in [0.3, 0.4) is 0 Å². The zero-order valence-electron chi connectivity index (χ0n) is 17.1. The first-order valence-electron chi connectivity index (χ1n) is 9.58. The Hall–Kier alpha value is -2.80. The first-order valence-corrected chi connectivity index (χ1v) is 13.0. The Bertz CT molecular complexity index is 1400. The molecule has 0 spiro atoms. The Morgan fingerprint density at radius 1 is 1.18 bits per heavy atom. The molecule has 0 unspecified atom stereocenters. The number of nitrogens with zero attached hydrogens (tertiary/aromatic N) is 3. The van der Waals surface area contributed by atoms with Gasteiger partial charge >= 0.3 is 0 Å². The van der Waals surface area contributed by atoms with E-state index in [9.17, 15) is 20.0 Å². The van der Waals surface area contributed by atoms with Gasteiger partial charge in [-0.25, -0.2) is 4.98 Å². The molecular weight excluding hydrogens is 608 g/mol. The molecule has 0 fully saturated rings. The summed E-state index contributed by atoms with van der Waals surface area (Å²) in [5, 5.41) is 23.3. The molecule has 1 heterocycles. The van der Waals surface area contributed by atoms with Gasteiger partial charge in [0.15, 0.2) is 4.34 Å². The Morgan fingerprint density at radius 3 is 2.56 bits per heavy atom. The van der Waals surface area contributed by atoms with Gasteiger partial charge in [0, 0.05) is 24.0 Å². The van der Waals surface area contributed by atoms with Crippen molar-refractivity contribution in [2.45, 2.75) is 4.34 Å². The van der Waals surface area contributed by atoms with E-state index >= 15 is 0 Å². The molecule has 0 saturated carbocycles. The van der Waals surface area contributed by atoms with Crippen molar-refractivity contribution in [1.29, 1.82) is 0 Å². The number of nitrogens with one attached hydrogen (secondary N) is 1. The molecule has 172 valence electrons. The fourth-order valence-corrected chi connectivity index (χ4v) is 5.96. The standard InChI is InChI=1S/C22H14Br2N4O4S2/c23-16-7-12(8-17(24)21(16)30)10-25-14-3-6-18-19(9-14)34-22(27-18)33-11-20(29)26-13-1-4-15(5-2-13)28(31)32/h1-10,30H,11H2,(H,26,29). The number of fused-ring (bicyclic) bond motifs is 1. The van der Waals surface area contributed by atoms with E-state index in [1.165, 1.54) is 47.4 Å². The summed E-state index contributed by atoms with van der Waals surface area (Å²) in [4.78, 5) is 31.5. The molecule has 0 aliphatic heterocycles. The number of amides is 1. The highest BCUT2D eigenvalue weighted by Gasteiger charge is 2.10. The molecule has 1 aromatic heterocycles. The number of nitro groups is 1. The number of phenolic OH excluding ortho intramolecular Hbond substituents is 1. The molecule has 0 aliphatic carbocycles. The largest absolute Gasteiger partial charge is 0.506 e. The maximum atomic E-state index is 12.2. The number of hydrogen-bond acceptors (Lipinski definition) is 8. The zero-order valence-corrected chi connectivity index (χ0v) is 21.9. The summed E-state index contributed by atoms with van der Waals surface area (Å²) in [6, 6.07) is 14.9. The van der Waals surface area contributed by atoms with Gasteiger partial charge in [-0.05, 0) is 79.9 Å².